The molecule has 1 aromatic heterocycles. The van der Waals surface area contributed by atoms with Gasteiger partial charge in [0.05, 0.1) is 25.4 Å². The highest BCUT2D eigenvalue weighted by atomic mass is 31.3. The van der Waals surface area contributed by atoms with Crippen molar-refractivity contribution < 1.29 is 71.0 Å². The second kappa shape index (κ2) is 35.3. The average molecular weight is 1040 g/mol. The number of hydrogen-bond donors (Lipinski definition) is 5. The van der Waals surface area contributed by atoms with Gasteiger partial charge < -0.3 is 44.7 Å². The fraction of sp³-hybridized carbons (Fsp3) is 0.640. The summed E-state index contributed by atoms with van der Waals surface area (Å²) in [5.74, 6) is -1.42. The largest absolute Gasteiger partial charge is 0.481 e. The van der Waals surface area contributed by atoms with Gasteiger partial charge in [-0.25, -0.2) is 13.9 Å². The van der Waals surface area contributed by atoms with Crippen molar-refractivity contribution in [3.63, 3.8) is 0 Å². The van der Waals surface area contributed by atoms with Crippen LogP contribution in [0.3, 0.4) is 0 Å². The third-order valence-electron chi connectivity index (χ3n) is 11.2. The van der Waals surface area contributed by atoms with Crippen molar-refractivity contribution in [1.29, 1.82) is 0 Å². The van der Waals surface area contributed by atoms with Crippen molar-refractivity contribution in [2.75, 3.05) is 25.6 Å². The van der Waals surface area contributed by atoms with Crippen LogP contribution >= 0.6 is 15.6 Å². The van der Waals surface area contributed by atoms with Crippen molar-refractivity contribution in [1.82, 2.24) is 9.55 Å². The number of nitrogens with zero attached hydrogens (tertiary/aromatic N) is 2. The number of esters is 2. The van der Waals surface area contributed by atoms with Crippen molar-refractivity contribution in [2.24, 2.45) is 0 Å². The number of ether oxygens (including phenoxy) is 4. The quantitative estimate of drug-likeness (QED) is 0.0135. The second-order valence-corrected chi connectivity index (χ2v) is 20.4. The van der Waals surface area contributed by atoms with E-state index in [1.165, 1.54) is 31.7 Å². The van der Waals surface area contributed by atoms with E-state index in [1.54, 1.807) is 6.08 Å². The lowest BCUT2D eigenvalue weighted by Gasteiger charge is -2.21. The molecule has 3 rings (SSSR count). The molecule has 0 amide bonds. The summed E-state index contributed by atoms with van der Waals surface area (Å²) in [4.78, 5) is 61.8. The summed E-state index contributed by atoms with van der Waals surface area (Å²) in [6.07, 6.45) is 36.1. The Morgan fingerprint density at radius 2 is 1.28 bits per heavy atom. The van der Waals surface area contributed by atoms with Gasteiger partial charge in [-0.1, -0.05) is 125 Å². The fourth-order valence-corrected chi connectivity index (χ4v) is 9.31. The normalized spacial score (nSPS) is 22.6. The number of unbranched alkanes of at least 4 members (excludes halogenated alkanes) is 9. The Kier molecular flexibility index (Phi) is 30.6. The SMILES string of the molecule is CC/C=C\CC1OC1C/C=C\C/C=C\C/C=C\C/C=C\CCC(=O)O[C@H](COC(=O)CCCCCCC/C=C\CCCCCC)COP(=O)(O)OP(=O)(O)OC[C@H]1O[C@@H](n2ccc(N)nc2=O)[C@H](O)[C@@H]1O. The number of anilines is 1. The first-order chi connectivity index (χ1) is 34.1. The second-order valence-electron chi connectivity index (χ2n) is 17.3. The first kappa shape index (κ1) is 61.5. The number of hydrogen-bond acceptors (Lipinski definition) is 16. The molecule has 19 nitrogen and oxygen atoms in total. The van der Waals surface area contributed by atoms with Crippen LogP contribution < -0.4 is 11.4 Å². The Bertz CT molecular complexity index is 2040. The molecule has 2 fully saturated rings. The van der Waals surface area contributed by atoms with E-state index in [0.717, 1.165) is 81.4 Å². The number of nitrogen functional groups attached to an aromatic ring is 1. The minimum Gasteiger partial charge on any atom is -0.462 e. The van der Waals surface area contributed by atoms with E-state index in [9.17, 15) is 43.5 Å². The van der Waals surface area contributed by atoms with Gasteiger partial charge in [0.25, 0.3) is 0 Å². The standard InChI is InChI=1S/C50H79N3O16P2/c1-3-5-7-8-9-10-11-12-16-19-22-25-29-33-45(54)63-37-40(66-46(55)34-30-26-23-20-17-14-13-15-18-21-24-28-32-42-41(67-42)31-27-6-4-2)38-64-70(59,60)69-71(61,62)65-39-43-47(56)48(57)49(68-43)53-36-35-44(51)52-50(53)58/h6,10-11,14-15,17-18,23-24,26-28,35-36,40-43,47-49,56-57H,3-5,7-9,12-13,16,19-22,25,29-34,37-39H2,1-2H3,(H,59,60)(H,61,62)(H2,51,52,58)/b11-10-,17-14-,18-15-,26-23-,27-6-,28-24-/t40-,41?,42?,43-,47-,48-,49-/m1/s1. The van der Waals surface area contributed by atoms with Crippen LogP contribution in [-0.2, 0) is 51.0 Å². The zero-order chi connectivity index (χ0) is 51.7. The summed E-state index contributed by atoms with van der Waals surface area (Å²) in [5.41, 5.74) is 4.58. The highest BCUT2D eigenvalue weighted by Gasteiger charge is 2.46. The molecule has 4 unspecified atom stereocenters. The maximum absolute atomic E-state index is 12.8. The molecule has 21 heteroatoms. The number of aliphatic hydroxyl groups excluding tert-OH is 2. The summed E-state index contributed by atoms with van der Waals surface area (Å²) in [5, 5.41) is 20.9. The monoisotopic (exact) mass is 1040 g/mol. The lowest BCUT2D eigenvalue weighted by Crippen LogP contribution is -2.36. The number of phosphoric ester groups is 2. The zero-order valence-corrected chi connectivity index (χ0v) is 43.2. The highest BCUT2D eigenvalue weighted by Crippen LogP contribution is 2.60. The Morgan fingerprint density at radius 3 is 1.93 bits per heavy atom. The van der Waals surface area contributed by atoms with E-state index in [1.807, 2.05) is 18.2 Å². The van der Waals surface area contributed by atoms with Gasteiger partial charge in [0.15, 0.2) is 12.3 Å². The van der Waals surface area contributed by atoms with E-state index in [4.69, 9.17) is 33.7 Å². The Morgan fingerprint density at radius 1 is 0.704 bits per heavy atom. The third-order valence-corrected chi connectivity index (χ3v) is 13.8. The molecule has 0 saturated carbocycles. The number of nitrogens with two attached hydrogens (primary N) is 1. The van der Waals surface area contributed by atoms with Gasteiger partial charge in [0.1, 0.15) is 30.7 Å². The van der Waals surface area contributed by atoms with Crippen molar-refractivity contribution in [3.8, 4) is 0 Å². The van der Waals surface area contributed by atoms with Crippen LogP contribution in [0.15, 0.2) is 90.0 Å². The van der Waals surface area contributed by atoms with E-state index < -0.39 is 83.7 Å². The van der Waals surface area contributed by atoms with Crippen LogP contribution in [-0.4, -0.2) is 97.9 Å². The Balaban J connectivity index is 1.42. The van der Waals surface area contributed by atoms with Crippen LogP contribution in [0.5, 0.6) is 0 Å². The number of phosphoric acid groups is 2. The molecule has 6 N–H and O–H groups in total. The van der Waals surface area contributed by atoms with Gasteiger partial charge in [-0.15, -0.1) is 0 Å². The number of aromatic nitrogens is 2. The molecule has 400 valence electrons. The molecule has 2 aliphatic heterocycles. The van der Waals surface area contributed by atoms with Crippen LogP contribution in [0.1, 0.15) is 148 Å². The van der Waals surface area contributed by atoms with Gasteiger partial charge >= 0.3 is 33.3 Å². The predicted octanol–water partition coefficient (Wildman–Crippen LogP) is 9.10. The van der Waals surface area contributed by atoms with Crippen molar-refractivity contribution in [3.05, 3.63) is 95.7 Å². The maximum Gasteiger partial charge on any atom is 0.481 e. The summed E-state index contributed by atoms with van der Waals surface area (Å²) in [7, 11) is -10.9. The van der Waals surface area contributed by atoms with Gasteiger partial charge in [-0.05, 0) is 83.1 Å². The third kappa shape index (κ3) is 27.7. The van der Waals surface area contributed by atoms with E-state index in [0.29, 0.717) is 31.5 Å². The molecule has 2 aliphatic rings. The summed E-state index contributed by atoms with van der Waals surface area (Å²) in [6, 6.07) is 1.24. The van der Waals surface area contributed by atoms with E-state index in [2.05, 4.69) is 71.8 Å². The molecule has 2 saturated heterocycles. The number of rotatable bonds is 39. The predicted molar refractivity (Wildman–Crippen MR) is 270 cm³/mol. The highest BCUT2D eigenvalue weighted by molar-refractivity contribution is 7.61. The zero-order valence-electron chi connectivity index (χ0n) is 41.4. The van der Waals surface area contributed by atoms with Crippen molar-refractivity contribution >= 4 is 33.4 Å². The summed E-state index contributed by atoms with van der Waals surface area (Å²) >= 11 is 0. The average Bonchev–Trinajstić information content (AvgIpc) is 4.02. The number of carbonyl (C=O) groups excluding carboxylic acids is 2. The minimum absolute atomic E-state index is 0.0831. The number of epoxide rings is 1. The van der Waals surface area contributed by atoms with Gasteiger partial charge in [0.2, 0.25) is 0 Å². The lowest BCUT2D eigenvalue weighted by atomic mass is 10.1. The van der Waals surface area contributed by atoms with Crippen LogP contribution in [0.25, 0.3) is 0 Å². The molecular formula is C50H79N3O16P2. The molecule has 71 heavy (non-hydrogen) atoms. The fourth-order valence-electron chi connectivity index (χ4n) is 7.20. The maximum atomic E-state index is 12.8. The molecule has 0 bridgehead atoms. The summed E-state index contributed by atoms with van der Waals surface area (Å²) in [6.45, 7) is 1.93. The van der Waals surface area contributed by atoms with Gasteiger partial charge in [-0.2, -0.15) is 9.29 Å². The van der Waals surface area contributed by atoms with E-state index >= 15 is 0 Å². The number of carbonyl (C=O) groups is 2. The Labute approximate surface area is 419 Å². The number of aliphatic hydroxyl groups is 2. The molecule has 0 aromatic carbocycles. The molecule has 0 radical (unpaired) electrons. The lowest BCUT2D eigenvalue weighted by molar-refractivity contribution is -0.161. The Hall–Kier alpha value is -3.84. The minimum atomic E-state index is -5.44. The molecule has 0 spiro atoms. The van der Waals surface area contributed by atoms with Crippen molar-refractivity contribution in [2.45, 2.75) is 185 Å². The molecule has 0 aliphatic carbocycles. The molecule has 3 heterocycles. The van der Waals surface area contributed by atoms with Crippen LogP contribution in [0, 0.1) is 0 Å². The first-order valence-electron chi connectivity index (χ1n) is 25.1. The smallest absolute Gasteiger partial charge is 0.462 e. The molecule has 9 atom stereocenters. The first-order valence-corrected chi connectivity index (χ1v) is 28.1. The van der Waals surface area contributed by atoms with Crippen LogP contribution in [0.4, 0.5) is 5.82 Å². The number of allylic oxidation sites excluding steroid dienone is 10. The topological polar surface area (TPSA) is 278 Å². The summed E-state index contributed by atoms with van der Waals surface area (Å²) < 4.78 is 62.3. The van der Waals surface area contributed by atoms with Gasteiger partial charge in [-0.3, -0.25) is 23.2 Å². The molecule has 1 aromatic rings. The van der Waals surface area contributed by atoms with E-state index in [-0.39, 0.29) is 18.7 Å². The van der Waals surface area contributed by atoms with Gasteiger partial charge in [0, 0.05) is 19.0 Å². The van der Waals surface area contributed by atoms with Crippen LogP contribution in [0.2, 0.25) is 0 Å². The molecular weight excluding hydrogens is 961 g/mol.